The van der Waals surface area contributed by atoms with Crippen LogP contribution in [-0.4, -0.2) is 48.4 Å². The van der Waals surface area contributed by atoms with E-state index in [0.29, 0.717) is 22.8 Å². The Hall–Kier alpha value is -0.180. The third-order valence-corrected chi connectivity index (χ3v) is 7.50. The molecule has 1 heterocycles. The lowest BCUT2D eigenvalue weighted by molar-refractivity contribution is 0.0746. The van der Waals surface area contributed by atoms with Crippen LogP contribution in [0.3, 0.4) is 0 Å². The third kappa shape index (κ3) is 3.78. The molecule has 116 valence electrons. The monoisotopic (exact) mass is 409 g/mol. The van der Waals surface area contributed by atoms with E-state index >= 15 is 0 Å². The molecule has 0 radical (unpaired) electrons. The molecule has 1 atom stereocenters. The van der Waals surface area contributed by atoms with Crippen LogP contribution in [-0.2, 0) is 9.84 Å². The quantitative estimate of drug-likeness (QED) is 0.779. The molecule has 1 aromatic rings. The topological polar surface area (TPSA) is 54.5 Å². The number of carbonyl (C=O) groups is 1. The third-order valence-electron chi connectivity index (χ3n) is 3.35. The summed E-state index contributed by atoms with van der Waals surface area (Å²) in [6.45, 7) is 2.05. The number of sulfone groups is 1. The number of amides is 1. The van der Waals surface area contributed by atoms with Gasteiger partial charge in [-0.3, -0.25) is 4.79 Å². The van der Waals surface area contributed by atoms with Crippen LogP contribution in [0.2, 0.25) is 0 Å². The van der Waals surface area contributed by atoms with Crippen molar-refractivity contribution in [2.75, 3.05) is 23.8 Å². The lowest BCUT2D eigenvalue weighted by atomic mass is 10.2. The van der Waals surface area contributed by atoms with Crippen molar-refractivity contribution in [3.63, 3.8) is 0 Å². The molecule has 1 saturated heterocycles. The fourth-order valence-corrected chi connectivity index (χ4v) is 5.96. The molecule has 1 unspecified atom stereocenters. The van der Waals surface area contributed by atoms with Gasteiger partial charge in [0, 0.05) is 33.2 Å². The average molecular weight is 410 g/mol. The maximum Gasteiger partial charge on any atom is 0.256 e. The largest absolute Gasteiger partial charge is 0.320 e. The number of thiol groups is 1. The fourth-order valence-electron chi connectivity index (χ4n) is 2.14. The second-order valence-corrected chi connectivity index (χ2v) is 9.64. The zero-order valence-corrected chi connectivity index (χ0v) is 15.6. The number of carbonyl (C=O) groups excluding carboxylic acids is 1. The molecule has 0 spiro atoms. The van der Waals surface area contributed by atoms with Crippen molar-refractivity contribution in [3.8, 4) is 0 Å². The molecule has 0 N–H and O–H groups in total. The van der Waals surface area contributed by atoms with Crippen molar-refractivity contribution in [1.82, 2.24) is 4.90 Å². The first kappa shape index (κ1) is 17.2. The van der Waals surface area contributed by atoms with Crippen LogP contribution in [0.5, 0.6) is 0 Å². The number of rotatable bonds is 3. The Morgan fingerprint density at radius 1 is 1.52 bits per heavy atom. The summed E-state index contributed by atoms with van der Waals surface area (Å²) in [5, 5.41) is -0.745. The maximum atomic E-state index is 12.7. The van der Waals surface area contributed by atoms with E-state index in [1.54, 1.807) is 36.9 Å². The second kappa shape index (κ2) is 6.93. The predicted molar refractivity (Wildman–Crippen MR) is 93.0 cm³/mol. The molecule has 0 aliphatic carbocycles. The second-order valence-electron chi connectivity index (χ2n) is 4.64. The molecule has 8 heteroatoms. The van der Waals surface area contributed by atoms with Crippen molar-refractivity contribution < 1.29 is 13.2 Å². The molecule has 1 aromatic carbocycles. The van der Waals surface area contributed by atoms with Crippen LogP contribution in [0.1, 0.15) is 17.3 Å². The van der Waals surface area contributed by atoms with Crippen LogP contribution in [0.4, 0.5) is 0 Å². The summed E-state index contributed by atoms with van der Waals surface area (Å²) in [6, 6.07) is 5.17. The molecule has 2 rings (SSSR count). The normalized spacial score (nSPS) is 19.6. The first-order valence-corrected chi connectivity index (χ1v) is 10.6. The van der Waals surface area contributed by atoms with Crippen LogP contribution in [0.25, 0.3) is 0 Å². The van der Waals surface area contributed by atoms with Gasteiger partial charge in [-0.15, -0.1) is 12.6 Å². The summed E-state index contributed by atoms with van der Waals surface area (Å²) in [7, 11) is -3.29. The molecule has 21 heavy (non-hydrogen) atoms. The zero-order valence-electron chi connectivity index (χ0n) is 11.5. The zero-order chi connectivity index (χ0) is 15.6. The summed E-state index contributed by atoms with van der Waals surface area (Å²) in [5.41, 5.74) is 0.435. The van der Waals surface area contributed by atoms with E-state index in [1.807, 2.05) is 0 Å². The van der Waals surface area contributed by atoms with E-state index < -0.39 is 15.2 Å². The number of nitrogens with zero attached hydrogens (tertiary/aromatic N) is 1. The van der Waals surface area contributed by atoms with E-state index in [1.165, 1.54) is 4.90 Å². The Kier molecular flexibility index (Phi) is 5.67. The van der Waals surface area contributed by atoms with Crippen molar-refractivity contribution in [2.24, 2.45) is 0 Å². The number of hydrogen-bond donors (Lipinski definition) is 1. The molecule has 0 saturated carbocycles. The minimum absolute atomic E-state index is 0.0378. The Morgan fingerprint density at radius 3 is 2.86 bits per heavy atom. The lowest BCUT2D eigenvalue weighted by Crippen LogP contribution is -2.50. The van der Waals surface area contributed by atoms with Gasteiger partial charge in [0.05, 0.1) is 5.56 Å². The number of benzene rings is 1. The van der Waals surface area contributed by atoms with E-state index in [2.05, 4.69) is 28.6 Å². The minimum Gasteiger partial charge on any atom is -0.320 e. The van der Waals surface area contributed by atoms with Gasteiger partial charge in [-0.1, -0.05) is 22.9 Å². The Morgan fingerprint density at radius 2 is 2.24 bits per heavy atom. The van der Waals surface area contributed by atoms with Gasteiger partial charge in [-0.05, 0) is 18.2 Å². The van der Waals surface area contributed by atoms with E-state index in [4.69, 9.17) is 0 Å². The van der Waals surface area contributed by atoms with Crippen LogP contribution in [0, 0.1) is 0 Å². The van der Waals surface area contributed by atoms with Crippen molar-refractivity contribution in [1.29, 1.82) is 0 Å². The van der Waals surface area contributed by atoms with Gasteiger partial charge in [-0.25, -0.2) is 8.42 Å². The van der Waals surface area contributed by atoms with Gasteiger partial charge in [0.15, 0.2) is 9.84 Å². The van der Waals surface area contributed by atoms with Gasteiger partial charge in [0.2, 0.25) is 0 Å². The van der Waals surface area contributed by atoms with Crippen molar-refractivity contribution in [3.05, 3.63) is 28.2 Å². The van der Waals surface area contributed by atoms with E-state index in [9.17, 15) is 13.2 Å². The fraction of sp³-hybridized carbons (Fsp3) is 0.462. The minimum atomic E-state index is -3.29. The average Bonchev–Trinajstić information content (AvgIpc) is 2.46. The van der Waals surface area contributed by atoms with Gasteiger partial charge in [0.25, 0.3) is 5.91 Å². The van der Waals surface area contributed by atoms with E-state index in [-0.39, 0.29) is 11.7 Å². The standard InChI is InChI=1S/C13H16BrNO3S3/c1-2-21(17,18)12-8-20-6-5-15(12)13(16)10-4-3-9(14)7-11(10)19/h3-4,7,12,19H,2,5-6,8H2,1H3. The highest BCUT2D eigenvalue weighted by Gasteiger charge is 2.36. The van der Waals surface area contributed by atoms with Crippen molar-refractivity contribution in [2.45, 2.75) is 17.2 Å². The maximum absolute atomic E-state index is 12.7. The molecule has 1 aliphatic heterocycles. The predicted octanol–water partition coefficient (Wildman–Crippen LogP) is 2.69. The summed E-state index contributed by atoms with van der Waals surface area (Å²) in [5.74, 6) is 0.950. The van der Waals surface area contributed by atoms with Crippen molar-refractivity contribution >= 4 is 56.1 Å². The highest BCUT2D eigenvalue weighted by molar-refractivity contribution is 9.10. The Balaban J connectivity index is 2.35. The molecule has 0 bridgehead atoms. The Labute approximate surface area is 143 Å². The number of halogens is 1. The summed E-state index contributed by atoms with van der Waals surface area (Å²) >= 11 is 9.21. The van der Waals surface area contributed by atoms with E-state index in [0.717, 1.165) is 10.2 Å². The first-order chi connectivity index (χ1) is 9.86. The highest BCUT2D eigenvalue weighted by Crippen LogP contribution is 2.26. The molecule has 4 nitrogen and oxygen atoms in total. The van der Waals surface area contributed by atoms with Crippen LogP contribution in [0.15, 0.2) is 27.6 Å². The smallest absolute Gasteiger partial charge is 0.256 e. The number of thioether (sulfide) groups is 1. The van der Waals surface area contributed by atoms with Gasteiger partial charge in [0.1, 0.15) is 5.37 Å². The molecule has 1 fully saturated rings. The Bertz CT molecular complexity index is 648. The SMILES string of the molecule is CCS(=O)(=O)C1CSCCN1C(=O)c1ccc(Br)cc1S. The molecule has 0 aromatic heterocycles. The summed E-state index contributed by atoms with van der Waals surface area (Å²) in [6.07, 6.45) is 0. The molecule has 1 amide bonds. The van der Waals surface area contributed by atoms with Gasteiger partial charge < -0.3 is 4.90 Å². The van der Waals surface area contributed by atoms with Gasteiger partial charge >= 0.3 is 0 Å². The summed E-state index contributed by atoms with van der Waals surface area (Å²) < 4.78 is 25.2. The van der Waals surface area contributed by atoms with Crippen LogP contribution >= 0.6 is 40.3 Å². The highest BCUT2D eigenvalue weighted by atomic mass is 79.9. The lowest BCUT2D eigenvalue weighted by Gasteiger charge is -2.35. The molecular weight excluding hydrogens is 394 g/mol. The first-order valence-electron chi connectivity index (χ1n) is 6.45. The number of hydrogen-bond acceptors (Lipinski definition) is 5. The molecule has 1 aliphatic rings. The van der Waals surface area contributed by atoms with Gasteiger partial charge in [-0.2, -0.15) is 11.8 Å². The van der Waals surface area contributed by atoms with Crippen LogP contribution < -0.4 is 0 Å². The summed E-state index contributed by atoms with van der Waals surface area (Å²) in [4.78, 5) is 14.7. The molecular formula is C13H16BrNO3S3.